The SMILES string of the molecule is CC1(C)c2ccccc2-c2ccc3c4ccccc4n(-c4ccc5oc6c(-c7nc(-c8ccccc8)nc(-c8cccc9c8sc8ccccc89)n7)cccc6c5c4)c3c21.CC1(C)c2ccccc2-c2ccc3c4ccccc4n(-c4ccc5oc6c(-c7nc(-c8ccccc8)nc(-c8ccccc8)n7)cccc6c5c4)c3c21. The van der Waals surface area contributed by atoms with Crippen LogP contribution in [-0.4, -0.2) is 39.0 Å². The maximum absolute atomic E-state index is 6.83. The fourth-order valence-electron chi connectivity index (χ4n) is 18.5. The Hall–Kier alpha value is -14.3. The normalized spacial score (nSPS) is 13.3. The molecule has 0 aliphatic heterocycles. The number of para-hydroxylation sites is 4. The van der Waals surface area contributed by atoms with Gasteiger partial charge in [-0.1, -0.05) is 282 Å². The average Bonchev–Trinajstić information content (AvgIpc) is 1.54. The molecular weight excluding hydrogens is 1400 g/mol. The lowest BCUT2D eigenvalue weighted by Gasteiger charge is -2.23. The Bertz CT molecular complexity index is 7700. The highest BCUT2D eigenvalue weighted by Crippen LogP contribution is 2.56. The number of aromatic nitrogens is 8. The van der Waals surface area contributed by atoms with Gasteiger partial charge in [0.05, 0.1) is 33.2 Å². The van der Waals surface area contributed by atoms with Crippen molar-refractivity contribution in [3.05, 3.63) is 350 Å². The lowest BCUT2D eigenvalue weighted by molar-refractivity contribution is 0.663. The number of benzene rings is 15. The molecule has 2 aliphatic rings. The number of furan rings is 2. The number of nitrogens with zero attached hydrogens (tertiary/aromatic N) is 8. The summed E-state index contributed by atoms with van der Waals surface area (Å²) in [6.45, 7) is 9.46. The molecule has 0 N–H and O–H groups in total. The molecule has 2 aliphatic carbocycles. The van der Waals surface area contributed by atoms with Crippen LogP contribution in [0.1, 0.15) is 49.9 Å². The lowest BCUT2D eigenvalue weighted by Crippen LogP contribution is -2.16. The second-order valence-corrected chi connectivity index (χ2v) is 31.8. The fourth-order valence-corrected chi connectivity index (χ4v) is 19.8. The molecule has 0 bridgehead atoms. The maximum Gasteiger partial charge on any atom is 0.167 e. The molecule has 0 saturated heterocycles. The molecule has 113 heavy (non-hydrogen) atoms. The Labute approximate surface area is 652 Å². The number of rotatable bonds is 8. The molecule has 22 aromatic rings. The smallest absolute Gasteiger partial charge is 0.167 e. The van der Waals surface area contributed by atoms with E-state index in [-0.39, 0.29) is 10.8 Å². The first-order chi connectivity index (χ1) is 55.6. The van der Waals surface area contributed by atoms with Gasteiger partial charge in [-0.05, 0) is 117 Å². The number of fused-ring (bicyclic) bond motifs is 23. The summed E-state index contributed by atoms with van der Waals surface area (Å²) in [4.78, 5) is 30.5. The van der Waals surface area contributed by atoms with Crippen molar-refractivity contribution in [1.29, 1.82) is 0 Å². The molecule has 15 aromatic carbocycles. The summed E-state index contributed by atoms with van der Waals surface area (Å²) in [6, 6.07) is 116. The molecular formula is C102H66N8O2S. The van der Waals surface area contributed by atoms with Crippen LogP contribution in [0.3, 0.4) is 0 Å². The Morgan fingerprint density at radius 3 is 1.11 bits per heavy atom. The molecule has 0 atom stereocenters. The van der Waals surface area contributed by atoms with E-state index < -0.39 is 0 Å². The fraction of sp³-hybridized carbons (Fsp3) is 0.0588. The lowest BCUT2D eigenvalue weighted by atomic mass is 9.81. The van der Waals surface area contributed by atoms with E-state index in [0.29, 0.717) is 34.9 Å². The highest BCUT2D eigenvalue weighted by atomic mass is 32.1. The van der Waals surface area contributed by atoms with Crippen molar-refractivity contribution in [2.75, 3.05) is 0 Å². The molecule has 0 saturated carbocycles. The van der Waals surface area contributed by atoms with E-state index in [2.05, 4.69) is 279 Å². The van der Waals surface area contributed by atoms with Gasteiger partial charge in [0.15, 0.2) is 34.9 Å². The molecule has 10 nitrogen and oxygen atoms in total. The van der Waals surface area contributed by atoms with Gasteiger partial charge in [-0.15, -0.1) is 11.3 Å². The van der Waals surface area contributed by atoms with Gasteiger partial charge in [0.25, 0.3) is 0 Å². The molecule has 7 heterocycles. The standard InChI is InChI=1S/C54H34N4OS.C48H32N4O/c1-54(2)43-23-9-6-16-33(43)36-27-28-37-34-17-7-10-24-44(34)58(48(37)47(36)54)32-26-29-45-42(30-32)38-19-12-21-40(49(38)59-45)52-55-51(31-14-4-3-5-15-31)56-53(57-52)41-22-13-20-39-35-18-8-11-25-46(35)60-50(39)41;1-48(2)39-22-11-9-18-32(39)34-25-26-35-33-19-10-12-23-40(33)52(43(35)42(34)48)31-24-27-41-38(28-31)36-20-13-21-37(44(36)53-41)47-50-45(29-14-5-3-6-15-29)49-46(51-47)30-16-7-4-8-17-30/h3-30H,1-2H3;3-28H,1-2H3. The van der Waals surface area contributed by atoms with E-state index in [1.54, 1.807) is 11.3 Å². The second kappa shape index (κ2) is 24.6. The molecule has 0 radical (unpaired) electrons. The van der Waals surface area contributed by atoms with Gasteiger partial charge < -0.3 is 18.0 Å². The Kier molecular flexibility index (Phi) is 14.1. The number of hydrogen-bond acceptors (Lipinski definition) is 9. The maximum atomic E-state index is 6.83. The Morgan fingerprint density at radius 2 is 0.628 bits per heavy atom. The van der Waals surface area contributed by atoms with E-state index in [0.717, 1.165) is 93.3 Å². The zero-order valence-electron chi connectivity index (χ0n) is 62.0. The predicted molar refractivity (Wildman–Crippen MR) is 464 cm³/mol. The van der Waals surface area contributed by atoms with Crippen molar-refractivity contribution in [3.8, 4) is 102 Å². The molecule has 7 aromatic heterocycles. The van der Waals surface area contributed by atoms with Crippen molar-refractivity contribution >= 4 is 119 Å². The van der Waals surface area contributed by atoms with Crippen LogP contribution in [0.25, 0.3) is 210 Å². The summed E-state index contributed by atoms with van der Waals surface area (Å²) in [5, 5.41) is 11.6. The first kappa shape index (κ1) is 64.7. The van der Waals surface area contributed by atoms with Crippen LogP contribution in [0.2, 0.25) is 0 Å². The van der Waals surface area contributed by atoms with Crippen LogP contribution in [0, 0.1) is 0 Å². The van der Waals surface area contributed by atoms with E-state index >= 15 is 0 Å². The first-order valence-electron chi connectivity index (χ1n) is 38.4. The van der Waals surface area contributed by atoms with Crippen LogP contribution in [0.4, 0.5) is 0 Å². The molecule has 0 amide bonds. The van der Waals surface area contributed by atoms with Gasteiger partial charge in [-0.2, -0.15) is 0 Å². The summed E-state index contributed by atoms with van der Waals surface area (Å²) >= 11 is 1.78. The van der Waals surface area contributed by atoms with Crippen molar-refractivity contribution < 1.29 is 8.83 Å². The van der Waals surface area contributed by atoms with E-state index in [9.17, 15) is 0 Å². The Morgan fingerprint density at radius 1 is 0.265 bits per heavy atom. The first-order valence-corrected chi connectivity index (χ1v) is 39.2. The highest BCUT2D eigenvalue weighted by molar-refractivity contribution is 7.26. The summed E-state index contributed by atoms with van der Waals surface area (Å²) in [6.07, 6.45) is 0. The van der Waals surface area contributed by atoms with Crippen molar-refractivity contribution in [2.45, 2.75) is 38.5 Å². The van der Waals surface area contributed by atoms with Gasteiger partial charge in [-0.25, -0.2) is 29.9 Å². The summed E-state index contributed by atoms with van der Waals surface area (Å²) < 4.78 is 20.9. The van der Waals surface area contributed by atoms with Crippen LogP contribution >= 0.6 is 11.3 Å². The summed E-state index contributed by atoms with van der Waals surface area (Å²) in [7, 11) is 0. The number of hydrogen-bond donors (Lipinski definition) is 0. The predicted octanol–water partition coefficient (Wildman–Crippen LogP) is 26.7. The quantitative estimate of drug-likeness (QED) is 0.148. The minimum Gasteiger partial charge on any atom is -0.455 e. The van der Waals surface area contributed by atoms with Gasteiger partial charge in [0, 0.05) is 108 Å². The van der Waals surface area contributed by atoms with Crippen molar-refractivity contribution in [2.24, 2.45) is 0 Å². The average molecular weight is 1470 g/mol. The molecule has 24 rings (SSSR count). The summed E-state index contributed by atoms with van der Waals surface area (Å²) in [5.41, 5.74) is 26.0. The highest BCUT2D eigenvalue weighted by Gasteiger charge is 2.40. The van der Waals surface area contributed by atoms with Crippen LogP contribution in [-0.2, 0) is 10.8 Å². The third kappa shape index (κ3) is 9.78. The van der Waals surface area contributed by atoms with Crippen molar-refractivity contribution in [3.63, 3.8) is 0 Å². The molecule has 0 fully saturated rings. The third-order valence-corrected chi connectivity index (χ3v) is 24.9. The minimum absolute atomic E-state index is 0.166. The van der Waals surface area contributed by atoms with E-state index in [4.69, 9.17) is 38.7 Å². The van der Waals surface area contributed by atoms with Crippen molar-refractivity contribution in [1.82, 2.24) is 39.0 Å². The van der Waals surface area contributed by atoms with Crippen LogP contribution < -0.4 is 0 Å². The van der Waals surface area contributed by atoms with Gasteiger partial charge >= 0.3 is 0 Å². The minimum atomic E-state index is -0.177. The largest absolute Gasteiger partial charge is 0.455 e. The third-order valence-electron chi connectivity index (χ3n) is 23.7. The molecule has 0 unspecified atom stereocenters. The van der Waals surface area contributed by atoms with Crippen LogP contribution in [0.5, 0.6) is 0 Å². The molecule has 0 spiro atoms. The number of thiophene rings is 1. The molecule has 11 heteroatoms. The molecule has 532 valence electrons. The van der Waals surface area contributed by atoms with E-state index in [1.807, 2.05) is 84.9 Å². The van der Waals surface area contributed by atoms with Gasteiger partial charge in [0.1, 0.15) is 22.3 Å². The monoisotopic (exact) mass is 1470 g/mol. The topological polar surface area (TPSA) is 113 Å². The summed E-state index contributed by atoms with van der Waals surface area (Å²) in [5.74, 6) is 3.63. The second-order valence-electron chi connectivity index (χ2n) is 30.7. The van der Waals surface area contributed by atoms with Gasteiger partial charge in [0.2, 0.25) is 0 Å². The van der Waals surface area contributed by atoms with Gasteiger partial charge in [-0.3, -0.25) is 0 Å². The zero-order valence-corrected chi connectivity index (χ0v) is 62.8. The zero-order chi connectivity index (χ0) is 75.0. The van der Waals surface area contributed by atoms with Crippen LogP contribution in [0.15, 0.2) is 336 Å². The van der Waals surface area contributed by atoms with E-state index in [1.165, 1.54) is 104 Å². The Balaban J connectivity index is 0.000000135.